The van der Waals surface area contributed by atoms with Gasteiger partial charge in [-0.3, -0.25) is 10.1 Å². The predicted molar refractivity (Wildman–Crippen MR) is 75.1 cm³/mol. The number of nitrogens with zero attached hydrogens (tertiary/aromatic N) is 1. The second-order valence-corrected chi connectivity index (χ2v) is 7.33. The average Bonchev–Trinajstić information content (AvgIpc) is 2.93. The minimum atomic E-state index is -4.09. The molecule has 1 aliphatic rings. The molecule has 2 N–H and O–H groups in total. The van der Waals surface area contributed by atoms with Gasteiger partial charge in [-0.15, -0.1) is 0 Å². The normalized spacial score (nSPS) is 20.1. The van der Waals surface area contributed by atoms with Crippen LogP contribution in [0.25, 0.3) is 0 Å². The Morgan fingerprint density at radius 2 is 2.00 bits per heavy atom. The molecule has 1 aromatic carbocycles. The second kappa shape index (κ2) is 4.92. The first-order chi connectivity index (χ1) is 9.58. The third kappa shape index (κ3) is 2.98. The lowest BCUT2D eigenvalue weighted by molar-refractivity contribution is -0.385. The standard InChI is InChI=1S/C12H16FN3O4S/c1-12(2)6-10(12)15-21(19,20)11-8(13)4-7(16(17)18)5-9(11)14-3/h4-5,10,14-15H,6H2,1-3H3. The summed E-state index contributed by atoms with van der Waals surface area (Å²) >= 11 is 0. The molecule has 0 aliphatic heterocycles. The van der Waals surface area contributed by atoms with Gasteiger partial charge in [-0.1, -0.05) is 13.8 Å². The third-order valence-electron chi connectivity index (χ3n) is 3.59. The van der Waals surface area contributed by atoms with Gasteiger partial charge in [0.2, 0.25) is 10.0 Å². The summed E-state index contributed by atoms with van der Waals surface area (Å²) in [4.78, 5) is 9.32. The molecule has 1 fully saturated rings. The SMILES string of the molecule is CNc1cc([N+](=O)[O-])cc(F)c1S(=O)(=O)NC1CC1(C)C. The summed E-state index contributed by atoms with van der Waals surface area (Å²) in [6.45, 7) is 3.79. The zero-order valence-electron chi connectivity index (χ0n) is 11.8. The Morgan fingerprint density at radius 1 is 1.43 bits per heavy atom. The number of hydrogen-bond acceptors (Lipinski definition) is 5. The summed E-state index contributed by atoms with van der Waals surface area (Å²) in [7, 11) is -2.72. The van der Waals surface area contributed by atoms with Crippen LogP contribution in [0.3, 0.4) is 0 Å². The van der Waals surface area contributed by atoms with Gasteiger partial charge in [-0.25, -0.2) is 17.5 Å². The van der Waals surface area contributed by atoms with Crippen LogP contribution in [0, 0.1) is 21.3 Å². The van der Waals surface area contributed by atoms with E-state index in [0.29, 0.717) is 12.5 Å². The van der Waals surface area contributed by atoms with Gasteiger partial charge in [0.25, 0.3) is 5.69 Å². The fraction of sp³-hybridized carbons (Fsp3) is 0.500. The van der Waals surface area contributed by atoms with Crippen LogP contribution in [0.2, 0.25) is 0 Å². The summed E-state index contributed by atoms with van der Waals surface area (Å²) < 4.78 is 41.1. The fourth-order valence-corrected chi connectivity index (χ4v) is 3.72. The quantitative estimate of drug-likeness (QED) is 0.637. The van der Waals surface area contributed by atoms with Crippen LogP contribution in [0.15, 0.2) is 17.0 Å². The lowest BCUT2D eigenvalue weighted by Gasteiger charge is -2.13. The van der Waals surface area contributed by atoms with Crippen molar-refractivity contribution in [1.82, 2.24) is 4.72 Å². The Morgan fingerprint density at radius 3 is 2.43 bits per heavy atom. The van der Waals surface area contributed by atoms with E-state index in [1.807, 2.05) is 13.8 Å². The molecule has 0 heterocycles. The summed E-state index contributed by atoms with van der Waals surface area (Å²) in [5, 5.41) is 13.2. The number of non-ortho nitro benzene ring substituents is 1. The molecular weight excluding hydrogens is 301 g/mol. The molecule has 0 aromatic heterocycles. The highest BCUT2D eigenvalue weighted by Gasteiger charge is 2.48. The number of rotatable bonds is 5. The van der Waals surface area contributed by atoms with Gasteiger partial charge >= 0.3 is 0 Å². The first-order valence-electron chi connectivity index (χ1n) is 6.26. The van der Waals surface area contributed by atoms with Crippen molar-refractivity contribution in [2.45, 2.75) is 31.2 Å². The zero-order valence-corrected chi connectivity index (χ0v) is 12.6. The maximum atomic E-state index is 14.1. The Balaban J connectivity index is 2.45. The van der Waals surface area contributed by atoms with Crippen LogP contribution in [0.5, 0.6) is 0 Å². The topological polar surface area (TPSA) is 101 Å². The molecule has 0 bridgehead atoms. The molecule has 2 rings (SSSR count). The van der Waals surface area contributed by atoms with Gasteiger partial charge in [-0.2, -0.15) is 0 Å². The molecule has 0 saturated heterocycles. The molecule has 116 valence electrons. The summed E-state index contributed by atoms with van der Waals surface area (Å²) in [6, 6.07) is 1.34. The molecule has 1 aromatic rings. The van der Waals surface area contributed by atoms with E-state index >= 15 is 0 Å². The van der Waals surface area contributed by atoms with Crippen LogP contribution < -0.4 is 10.0 Å². The van der Waals surface area contributed by atoms with Crippen LogP contribution in [0.1, 0.15) is 20.3 Å². The second-order valence-electron chi connectivity index (χ2n) is 5.68. The number of sulfonamides is 1. The largest absolute Gasteiger partial charge is 0.387 e. The van der Waals surface area contributed by atoms with E-state index < -0.39 is 31.3 Å². The Hall–Kier alpha value is -1.74. The summed E-state index contributed by atoms with van der Waals surface area (Å²) in [6.07, 6.45) is 0.662. The molecule has 0 amide bonds. The smallest absolute Gasteiger partial charge is 0.274 e. The van der Waals surface area contributed by atoms with Crippen LogP contribution >= 0.6 is 0 Å². The van der Waals surface area contributed by atoms with Crippen molar-refractivity contribution in [3.05, 3.63) is 28.1 Å². The molecule has 9 heteroatoms. The number of halogens is 1. The van der Waals surface area contributed by atoms with Crippen molar-refractivity contribution >= 4 is 21.4 Å². The van der Waals surface area contributed by atoms with Crippen LogP contribution in [0.4, 0.5) is 15.8 Å². The molecular formula is C12H16FN3O4S. The van der Waals surface area contributed by atoms with Gasteiger partial charge in [0.1, 0.15) is 4.90 Å². The van der Waals surface area contributed by atoms with Gasteiger partial charge in [0.15, 0.2) is 5.82 Å². The highest BCUT2D eigenvalue weighted by atomic mass is 32.2. The molecule has 1 unspecified atom stereocenters. The van der Waals surface area contributed by atoms with E-state index in [-0.39, 0.29) is 17.1 Å². The number of nitrogens with one attached hydrogen (secondary N) is 2. The van der Waals surface area contributed by atoms with Crippen molar-refractivity contribution in [1.29, 1.82) is 0 Å². The molecule has 1 aliphatic carbocycles. The molecule has 1 saturated carbocycles. The van der Waals surface area contributed by atoms with E-state index in [1.165, 1.54) is 7.05 Å². The highest BCUT2D eigenvalue weighted by Crippen LogP contribution is 2.45. The zero-order chi connectivity index (χ0) is 16.0. The minimum Gasteiger partial charge on any atom is -0.387 e. The van der Waals surface area contributed by atoms with Crippen molar-refractivity contribution < 1.29 is 17.7 Å². The van der Waals surface area contributed by atoms with Gasteiger partial charge < -0.3 is 5.32 Å². The Kier molecular flexibility index (Phi) is 3.66. The van der Waals surface area contributed by atoms with E-state index in [1.54, 1.807) is 0 Å². The average molecular weight is 317 g/mol. The number of nitro benzene ring substituents is 1. The van der Waals surface area contributed by atoms with Crippen molar-refractivity contribution in [3.63, 3.8) is 0 Å². The molecule has 1 atom stereocenters. The van der Waals surface area contributed by atoms with Crippen molar-refractivity contribution in [2.24, 2.45) is 5.41 Å². The number of hydrogen-bond donors (Lipinski definition) is 2. The Labute approximate surface area is 121 Å². The van der Waals surface area contributed by atoms with Crippen LogP contribution in [-0.2, 0) is 10.0 Å². The first-order valence-corrected chi connectivity index (χ1v) is 7.75. The Bertz CT molecular complexity index is 703. The third-order valence-corrected chi connectivity index (χ3v) is 5.14. The number of nitro groups is 1. The van der Waals surface area contributed by atoms with Crippen molar-refractivity contribution in [3.8, 4) is 0 Å². The van der Waals surface area contributed by atoms with Gasteiger partial charge in [0, 0.05) is 19.2 Å². The van der Waals surface area contributed by atoms with E-state index in [0.717, 1.165) is 6.07 Å². The predicted octanol–water partition coefficient (Wildman–Crippen LogP) is 1.85. The first kappa shape index (κ1) is 15.6. The maximum absolute atomic E-state index is 14.1. The molecule has 7 nitrogen and oxygen atoms in total. The summed E-state index contributed by atoms with van der Waals surface area (Å²) in [5.74, 6) is -1.15. The van der Waals surface area contributed by atoms with E-state index in [2.05, 4.69) is 10.0 Å². The maximum Gasteiger partial charge on any atom is 0.274 e. The van der Waals surface area contributed by atoms with Crippen LogP contribution in [-0.4, -0.2) is 26.4 Å². The van der Waals surface area contributed by atoms with Gasteiger partial charge in [0.05, 0.1) is 16.7 Å². The monoisotopic (exact) mass is 317 g/mol. The molecule has 21 heavy (non-hydrogen) atoms. The summed E-state index contributed by atoms with van der Waals surface area (Å²) in [5.41, 5.74) is -0.820. The lowest BCUT2D eigenvalue weighted by atomic mass is 10.2. The minimum absolute atomic E-state index is 0.146. The molecule has 0 radical (unpaired) electrons. The lowest BCUT2D eigenvalue weighted by Crippen LogP contribution is -2.30. The fourth-order valence-electron chi connectivity index (χ4n) is 2.06. The molecule has 0 spiro atoms. The highest BCUT2D eigenvalue weighted by molar-refractivity contribution is 7.89. The van der Waals surface area contributed by atoms with E-state index in [9.17, 15) is 22.9 Å². The number of benzene rings is 1. The van der Waals surface area contributed by atoms with Gasteiger partial charge in [-0.05, 0) is 11.8 Å². The number of anilines is 1. The van der Waals surface area contributed by atoms with E-state index in [4.69, 9.17) is 0 Å². The van der Waals surface area contributed by atoms with Crippen molar-refractivity contribution in [2.75, 3.05) is 12.4 Å².